The maximum Gasteiger partial charge on any atom is 0.411 e. The van der Waals surface area contributed by atoms with Gasteiger partial charge in [0.2, 0.25) is 5.91 Å². The first-order chi connectivity index (χ1) is 19.4. The van der Waals surface area contributed by atoms with Gasteiger partial charge in [-0.2, -0.15) is 0 Å². The highest BCUT2D eigenvalue weighted by atomic mass is 16.6. The number of para-hydroxylation sites is 1. The number of carbonyl (C=O) groups is 3. The number of rotatable bonds is 9. The molecule has 0 aliphatic carbocycles. The van der Waals surface area contributed by atoms with Gasteiger partial charge in [0, 0.05) is 51.1 Å². The summed E-state index contributed by atoms with van der Waals surface area (Å²) in [6.45, 7) is 5.37. The second-order valence-electron chi connectivity index (χ2n) is 11.8. The Labute approximate surface area is 237 Å². The Morgan fingerprint density at radius 2 is 1.50 bits per heavy atom. The molecule has 0 radical (unpaired) electrons. The second-order valence-corrected chi connectivity index (χ2v) is 11.8. The van der Waals surface area contributed by atoms with Crippen molar-refractivity contribution in [3.05, 3.63) is 54.6 Å². The number of amides is 2. The van der Waals surface area contributed by atoms with Gasteiger partial charge in [-0.05, 0) is 62.7 Å². The standard InChI is InChI=1S/C32H42N4O4/c1-34-15-11-24(21-34)19-27(37)20-25-12-18-36(22-25)31(38)23-35-16-13-28(14-17-35)40-32(39)33-30-10-6-5-9-29(30)26-7-3-2-4-8-26/h2-10,24-25,28H,11-23H2,1H3,(H,33,39)/t24-,25+/m1/s1. The molecule has 3 fully saturated rings. The molecule has 2 atom stereocenters. The van der Waals surface area contributed by atoms with Crippen LogP contribution >= 0.6 is 0 Å². The molecular weight excluding hydrogens is 504 g/mol. The lowest BCUT2D eigenvalue weighted by Crippen LogP contribution is -2.44. The minimum atomic E-state index is -0.449. The Morgan fingerprint density at radius 3 is 2.23 bits per heavy atom. The van der Waals surface area contributed by atoms with Crippen LogP contribution in [0.15, 0.2) is 54.6 Å². The summed E-state index contributed by atoms with van der Waals surface area (Å²) in [7, 11) is 2.12. The van der Waals surface area contributed by atoms with E-state index < -0.39 is 6.09 Å². The highest BCUT2D eigenvalue weighted by Crippen LogP contribution is 2.28. The van der Waals surface area contributed by atoms with E-state index in [0.717, 1.165) is 62.4 Å². The van der Waals surface area contributed by atoms with Crippen molar-refractivity contribution in [3.8, 4) is 11.1 Å². The molecule has 40 heavy (non-hydrogen) atoms. The predicted molar refractivity (Wildman–Crippen MR) is 156 cm³/mol. The van der Waals surface area contributed by atoms with Gasteiger partial charge in [0.15, 0.2) is 0 Å². The average molecular weight is 547 g/mol. The zero-order valence-electron chi connectivity index (χ0n) is 23.6. The van der Waals surface area contributed by atoms with Crippen LogP contribution < -0.4 is 5.32 Å². The van der Waals surface area contributed by atoms with Gasteiger partial charge >= 0.3 is 6.09 Å². The quantitative estimate of drug-likeness (QED) is 0.498. The third-order valence-corrected chi connectivity index (χ3v) is 8.58. The number of piperidine rings is 1. The van der Waals surface area contributed by atoms with Crippen molar-refractivity contribution in [3.63, 3.8) is 0 Å². The smallest absolute Gasteiger partial charge is 0.411 e. The molecule has 2 aromatic rings. The van der Waals surface area contributed by atoms with E-state index in [-0.39, 0.29) is 12.0 Å². The van der Waals surface area contributed by atoms with Crippen molar-refractivity contribution < 1.29 is 19.1 Å². The molecular formula is C32H42N4O4. The van der Waals surface area contributed by atoms with Crippen LogP contribution in [0.25, 0.3) is 11.1 Å². The molecule has 2 amide bonds. The normalized spacial score (nSPS) is 22.4. The van der Waals surface area contributed by atoms with Crippen LogP contribution in [0.3, 0.4) is 0 Å². The number of carbonyl (C=O) groups excluding carboxylic acids is 3. The molecule has 214 valence electrons. The fourth-order valence-electron chi connectivity index (χ4n) is 6.37. The molecule has 3 heterocycles. The number of ether oxygens (including phenoxy) is 1. The molecule has 8 heteroatoms. The van der Waals surface area contributed by atoms with Gasteiger partial charge in [-0.1, -0.05) is 48.5 Å². The second kappa shape index (κ2) is 13.4. The molecule has 0 spiro atoms. The average Bonchev–Trinajstić information content (AvgIpc) is 3.59. The summed E-state index contributed by atoms with van der Waals surface area (Å²) < 4.78 is 5.74. The molecule has 0 unspecified atom stereocenters. The Morgan fingerprint density at radius 1 is 0.825 bits per heavy atom. The summed E-state index contributed by atoms with van der Waals surface area (Å²) >= 11 is 0. The summed E-state index contributed by atoms with van der Waals surface area (Å²) in [6, 6.07) is 17.7. The van der Waals surface area contributed by atoms with Gasteiger partial charge in [0.1, 0.15) is 11.9 Å². The van der Waals surface area contributed by atoms with E-state index in [4.69, 9.17) is 4.74 Å². The van der Waals surface area contributed by atoms with Gasteiger partial charge in [-0.25, -0.2) is 4.79 Å². The number of anilines is 1. The third-order valence-electron chi connectivity index (χ3n) is 8.58. The van der Waals surface area contributed by atoms with Crippen LogP contribution in [0.1, 0.15) is 38.5 Å². The van der Waals surface area contributed by atoms with E-state index in [0.29, 0.717) is 56.4 Å². The summed E-state index contributed by atoms with van der Waals surface area (Å²) in [4.78, 5) is 44.6. The number of hydrogen-bond acceptors (Lipinski definition) is 6. The number of benzene rings is 2. The van der Waals surface area contributed by atoms with Crippen LogP contribution in [0.4, 0.5) is 10.5 Å². The lowest BCUT2D eigenvalue weighted by Gasteiger charge is -2.32. The van der Waals surface area contributed by atoms with Crippen molar-refractivity contribution in [1.82, 2.24) is 14.7 Å². The predicted octanol–water partition coefficient (Wildman–Crippen LogP) is 4.52. The first-order valence-electron chi connectivity index (χ1n) is 14.8. The van der Waals surface area contributed by atoms with Crippen LogP contribution in [0, 0.1) is 11.8 Å². The van der Waals surface area contributed by atoms with Gasteiger partial charge in [0.25, 0.3) is 0 Å². The van der Waals surface area contributed by atoms with E-state index >= 15 is 0 Å². The highest BCUT2D eigenvalue weighted by molar-refractivity contribution is 5.91. The van der Waals surface area contributed by atoms with Crippen molar-refractivity contribution in [2.45, 2.75) is 44.6 Å². The maximum absolute atomic E-state index is 13.0. The fraction of sp³-hybridized carbons (Fsp3) is 0.531. The van der Waals surface area contributed by atoms with E-state index in [9.17, 15) is 14.4 Å². The number of ketones is 1. The van der Waals surface area contributed by atoms with Gasteiger partial charge in [-0.15, -0.1) is 0 Å². The van der Waals surface area contributed by atoms with Gasteiger partial charge < -0.3 is 14.5 Å². The monoisotopic (exact) mass is 546 g/mol. The van der Waals surface area contributed by atoms with Crippen molar-refractivity contribution in [2.24, 2.45) is 11.8 Å². The lowest BCUT2D eigenvalue weighted by molar-refractivity contribution is -0.132. The summed E-state index contributed by atoms with van der Waals surface area (Å²) in [5, 5.41) is 2.91. The Hall–Kier alpha value is -3.23. The van der Waals surface area contributed by atoms with Crippen LogP contribution in [0.2, 0.25) is 0 Å². The molecule has 0 bridgehead atoms. The molecule has 3 saturated heterocycles. The highest BCUT2D eigenvalue weighted by Gasteiger charge is 2.31. The Balaban J connectivity index is 1.01. The largest absolute Gasteiger partial charge is 0.446 e. The first kappa shape index (κ1) is 28.3. The third kappa shape index (κ3) is 7.70. The van der Waals surface area contributed by atoms with Crippen molar-refractivity contribution in [1.29, 1.82) is 0 Å². The number of nitrogens with zero attached hydrogens (tertiary/aromatic N) is 3. The SMILES string of the molecule is CN1CC[C@H](CC(=O)C[C@@H]2CCN(C(=O)CN3CCC(OC(=O)Nc4ccccc4-c4ccccc4)CC3)C2)C1. The maximum atomic E-state index is 13.0. The zero-order valence-corrected chi connectivity index (χ0v) is 23.6. The summed E-state index contributed by atoms with van der Waals surface area (Å²) in [6.07, 6.45) is 4.11. The van der Waals surface area contributed by atoms with E-state index in [1.54, 1.807) is 0 Å². The minimum Gasteiger partial charge on any atom is -0.446 e. The molecule has 8 nitrogen and oxygen atoms in total. The van der Waals surface area contributed by atoms with E-state index in [1.165, 1.54) is 0 Å². The minimum absolute atomic E-state index is 0.141. The van der Waals surface area contributed by atoms with Gasteiger partial charge in [-0.3, -0.25) is 19.8 Å². The topological polar surface area (TPSA) is 82.2 Å². The van der Waals surface area contributed by atoms with E-state index in [1.807, 2.05) is 59.5 Å². The number of nitrogens with one attached hydrogen (secondary N) is 1. The fourth-order valence-corrected chi connectivity index (χ4v) is 6.37. The Bertz CT molecular complexity index is 1160. The molecule has 5 rings (SSSR count). The number of hydrogen-bond donors (Lipinski definition) is 1. The molecule has 1 N–H and O–H groups in total. The Kier molecular flexibility index (Phi) is 9.49. The number of likely N-dealkylation sites (tertiary alicyclic amines) is 3. The molecule has 3 aliphatic rings. The number of Topliss-reactive ketones (excluding diaryl/α,β-unsaturated/α-hetero) is 1. The van der Waals surface area contributed by atoms with Crippen LogP contribution in [-0.2, 0) is 14.3 Å². The van der Waals surface area contributed by atoms with E-state index in [2.05, 4.69) is 22.2 Å². The van der Waals surface area contributed by atoms with Crippen LogP contribution in [0.5, 0.6) is 0 Å². The summed E-state index contributed by atoms with van der Waals surface area (Å²) in [5.74, 6) is 1.29. The molecule has 3 aliphatic heterocycles. The van der Waals surface area contributed by atoms with Crippen molar-refractivity contribution in [2.75, 3.05) is 58.2 Å². The summed E-state index contributed by atoms with van der Waals surface area (Å²) in [5.41, 5.74) is 2.70. The molecule has 2 aromatic carbocycles. The van der Waals surface area contributed by atoms with Gasteiger partial charge in [0.05, 0.1) is 12.2 Å². The van der Waals surface area contributed by atoms with Crippen molar-refractivity contribution >= 4 is 23.5 Å². The molecule has 0 saturated carbocycles. The van der Waals surface area contributed by atoms with Crippen LogP contribution in [-0.4, -0.2) is 91.4 Å². The lowest BCUT2D eigenvalue weighted by atomic mass is 9.94. The first-order valence-corrected chi connectivity index (χ1v) is 14.8. The zero-order chi connectivity index (χ0) is 27.9. The molecule has 0 aromatic heterocycles.